The van der Waals surface area contributed by atoms with Crippen LogP contribution in [0.4, 0.5) is 55.2 Å². The zero-order chi connectivity index (χ0) is 42.1. The van der Waals surface area contributed by atoms with Crippen molar-refractivity contribution in [3.8, 4) is 0 Å². The summed E-state index contributed by atoms with van der Waals surface area (Å²) in [6, 6.07) is 14.8. The summed E-state index contributed by atoms with van der Waals surface area (Å²) in [5, 5.41) is 24.2. The van der Waals surface area contributed by atoms with Gasteiger partial charge in [-0.25, -0.2) is 23.0 Å². The van der Waals surface area contributed by atoms with E-state index in [1.165, 1.54) is 10.5 Å². The summed E-state index contributed by atoms with van der Waals surface area (Å²) in [6.07, 6.45) is -2.12. The third kappa shape index (κ3) is 12.7. The molecule has 2 aliphatic rings. The minimum Gasteiger partial charge on any atom is -0.475 e. The van der Waals surface area contributed by atoms with E-state index in [4.69, 9.17) is 31.4 Å². The van der Waals surface area contributed by atoms with Gasteiger partial charge in [-0.15, -0.1) is 0 Å². The molecule has 4 heterocycles. The van der Waals surface area contributed by atoms with Crippen LogP contribution in [0, 0.1) is 12.8 Å². The fraction of sp³-hybridized carbons (Fsp3) is 0.314. The van der Waals surface area contributed by atoms with Crippen molar-refractivity contribution in [3.63, 3.8) is 0 Å². The molecule has 0 unspecified atom stereocenters. The highest BCUT2D eigenvalue weighted by Gasteiger charge is 2.39. The van der Waals surface area contributed by atoms with Crippen LogP contribution in [0.5, 0.6) is 0 Å². The summed E-state index contributed by atoms with van der Waals surface area (Å²) < 4.78 is 91.4. The number of hydrogen-bond acceptors (Lipinski definition) is 10. The number of amides is 1. The Morgan fingerprint density at radius 3 is 2.14 bits per heavy atom. The number of nitrogens with one attached hydrogen (secondary N) is 3. The molecule has 0 radical (unpaired) electrons. The molecule has 5 N–H and O–H groups in total. The molecule has 0 aliphatic carbocycles. The molecule has 0 spiro atoms. The molecular weight excluding hydrogens is 812 g/mol. The monoisotopic (exact) mass is 845 g/mol. The zero-order valence-corrected chi connectivity index (χ0v) is 31.2. The summed E-state index contributed by atoms with van der Waals surface area (Å²) >= 11 is 6.38. The number of halogens is 7. The third-order valence-electron chi connectivity index (χ3n) is 8.36. The predicted molar refractivity (Wildman–Crippen MR) is 195 cm³/mol. The number of pyridine rings is 1. The predicted octanol–water partition coefficient (Wildman–Crippen LogP) is 7.12. The van der Waals surface area contributed by atoms with E-state index in [2.05, 4.69) is 30.9 Å². The van der Waals surface area contributed by atoms with Gasteiger partial charge in [0.1, 0.15) is 5.02 Å². The number of carboxylic acids is 2. The second-order valence-electron chi connectivity index (χ2n) is 12.6. The van der Waals surface area contributed by atoms with E-state index in [9.17, 15) is 39.6 Å². The van der Waals surface area contributed by atoms with Crippen molar-refractivity contribution in [2.24, 2.45) is 5.92 Å². The highest BCUT2D eigenvalue weighted by molar-refractivity contribution is 7.89. The van der Waals surface area contributed by atoms with Crippen LogP contribution in [0.15, 0.2) is 72.0 Å². The lowest BCUT2D eigenvalue weighted by Crippen LogP contribution is -2.39. The van der Waals surface area contributed by atoms with Crippen molar-refractivity contribution in [1.82, 2.24) is 19.3 Å². The molecule has 4 aromatic rings. The number of anilines is 5. The van der Waals surface area contributed by atoms with Gasteiger partial charge in [-0.1, -0.05) is 29.8 Å². The van der Waals surface area contributed by atoms with Crippen LogP contribution in [0.2, 0.25) is 5.02 Å². The van der Waals surface area contributed by atoms with E-state index in [-0.39, 0.29) is 11.8 Å². The number of aromatic nitrogens is 3. The van der Waals surface area contributed by atoms with E-state index < -0.39 is 34.3 Å². The summed E-state index contributed by atoms with van der Waals surface area (Å²) in [7, 11) is -3.55. The number of hydrogen-bond donors (Lipinski definition) is 5. The number of nitrogens with zero attached hydrogens (tertiary/aromatic N) is 4. The molecule has 2 aromatic carbocycles. The normalized spacial score (nSPS) is 14.6. The molecule has 6 bridgehead atoms. The van der Waals surface area contributed by atoms with E-state index in [0.29, 0.717) is 66.9 Å². The van der Waals surface area contributed by atoms with Crippen molar-refractivity contribution in [1.29, 1.82) is 0 Å². The topological polar surface area (TPSA) is 204 Å². The standard InChI is InChI=1S/C31H32ClN7O3S.2C2HF3O2/c1-20-4-2-3-5-28(20)43(41,42)39-12-10-21(11-13-39)15-29(40)37-27-9-8-24-16-23(27)7-6-22-14-25(18-33-17-22)36-31-34-19-26(32)30(35-24)38-31;2*3-2(4,5)1(6)7/h2-5,8-9,14,16-19,21H,6-7,10-13,15H2,1H3,(H,37,40)(H2,34,35,36,38);2*(H,6,7). The number of alkyl halides is 6. The van der Waals surface area contributed by atoms with E-state index in [0.717, 1.165) is 33.8 Å². The minimum absolute atomic E-state index is 0.0866. The number of rotatable bonds is 5. The Morgan fingerprint density at radius 1 is 0.895 bits per heavy atom. The first-order chi connectivity index (χ1) is 26.6. The van der Waals surface area contributed by atoms with E-state index in [1.54, 1.807) is 18.3 Å². The van der Waals surface area contributed by atoms with Crippen LogP contribution in [0.3, 0.4) is 0 Å². The molecule has 0 saturated carbocycles. The highest BCUT2D eigenvalue weighted by Crippen LogP contribution is 2.31. The largest absolute Gasteiger partial charge is 0.490 e. The quantitative estimate of drug-likeness (QED) is 0.128. The van der Waals surface area contributed by atoms with Crippen molar-refractivity contribution in [3.05, 3.63) is 88.8 Å². The van der Waals surface area contributed by atoms with Crippen molar-refractivity contribution in [2.75, 3.05) is 29.0 Å². The van der Waals surface area contributed by atoms with Crippen molar-refractivity contribution < 1.29 is 59.4 Å². The van der Waals surface area contributed by atoms with Gasteiger partial charge in [-0.2, -0.15) is 35.6 Å². The molecule has 1 fully saturated rings. The lowest BCUT2D eigenvalue weighted by atomic mass is 9.94. The van der Waals surface area contributed by atoms with Crippen LogP contribution >= 0.6 is 11.6 Å². The van der Waals surface area contributed by atoms with Gasteiger partial charge >= 0.3 is 24.3 Å². The molecular formula is C35H34ClF6N7O7S. The minimum atomic E-state index is -5.08. The Morgan fingerprint density at radius 2 is 1.53 bits per heavy atom. The van der Waals surface area contributed by atoms with Crippen LogP contribution in [-0.4, -0.2) is 81.2 Å². The SMILES string of the molecule is Cc1ccccc1S(=O)(=O)N1CCC(CC(=O)Nc2ccc3cc2CCc2cncc(c2)Nc2ncc(Cl)c(n2)N3)CC1.O=C(O)C(F)(F)F.O=C(O)C(F)(F)F. The lowest BCUT2D eigenvalue weighted by Gasteiger charge is -2.31. The third-order valence-corrected chi connectivity index (χ3v) is 10.7. The molecule has 1 amide bonds. The first-order valence-corrected chi connectivity index (χ1v) is 18.5. The maximum absolute atomic E-state index is 13.2. The van der Waals surface area contributed by atoms with Gasteiger partial charge < -0.3 is 26.2 Å². The van der Waals surface area contributed by atoms with E-state index in [1.807, 2.05) is 49.5 Å². The number of sulfonamides is 1. The van der Waals surface area contributed by atoms with Gasteiger partial charge in [0.05, 0.1) is 23.0 Å². The first-order valence-electron chi connectivity index (χ1n) is 16.7. The second-order valence-corrected chi connectivity index (χ2v) is 14.9. The molecule has 0 atom stereocenters. The first kappa shape index (κ1) is 44.2. The zero-order valence-electron chi connectivity index (χ0n) is 29.7. The van der Waals surface area contributed by atoms with Crippen molar-refractivity contribution >= 4 is 68.3 Å². The van der Waals surface area contributed by atoms with Crippen LogP contribution < -0.4 is 16.0 Å². The van der Waals surface area contributed by atoms with Gasteiger partial charge in [-0.05, 0) is 85.5 Å². The summed E-state index contributed by atoms with van der Waals surface area (Å²) in [6.45, 7) is 2.61. The lowest BCUT2D eigenvalue weighted by molar-refractivity contribution is -0.193. The van der Waals surface area contributed by atoms with Crippen LogP contribution in [0.25, 0.3) is 0 Å². The number of fused-ring (bicyclic) bond motifs is 6. The second kappa shape index (κ2) is 18.6. The number of piperidine rings is 1. The van der Waals surface area contributed by atoms with Gasteiger partial charge in [0, 0.05) is 37.1 Å². The summed E-state index contributed by atoms with van der Waals surface area (Å²) in [5.41, 5.74) is 5.01. The number of aliphatic carboxylic acids is 2. The van der Waals surface area contributed by atoms with E-state index >= 15 is 0 Å². The molecule has 1 saturated heterocycles. The Balaban J connectivity index is 0.000000440. The molecule has 14 nitrogen and oxygen atoms in total. The Kier molecular flexibility index (Phi) is 14.4. The number of carboxylic acid groups (broad SMARTS) is 2. The highest BCUT2D eigenvalue weighted by atomic mass is 35.5. The maximum Gasteiger partial charge on any atom is 0.490 e. The average molecular weight is 846 g/mol. The fourth-order valence-corrected chi connectivity index (χ4v) is 7.39. The fourth-order valence-electron chi connectivity index (χ4n) is 5.55. The number of carbonyl (C=O) groups excluding carboxylic acids is 1. The number of aryl methyl sites for hydroxylation is 3. The smallest absolute Gasteiger partial charge is 0.475 e. The summed E-state index contributed by atoms with van der Waals surface area (Å²) in [5.74, 6) is -4.64. The molecule has 2 aromatic heterocycles. The number of carbonyl (C=O) groups is 3. The Labute approximate surface area is 326 Å². The average Bonchev–Trinajstić information content (AvgIpc) is 3.13. The van der Waals surface area contributed by atoms with Gasteiger partial charge in [0.2, 0.25) is 21.9 Å². The summed E-state index contributed by atoms with van der Waals surface area (Å²) in [4.78, 5) is 44.5. The van der Waals surface area contributed by atoms with Crippen LogP contribution in [0.1, 0.15) is 36.0 Å². The van der Waals surface area contributed by atoms with Gasteiger partial charge in [0.25, 0.3) is 0 Å². The molecule has 57 heavy (non-hydrogen) atoms. The number of benzene rings is 2. The Bertz CT molecular complexity index is 2180. The molecule has 2 aliphatic heterocycles. The Hall–Kier alpha value is -5.54. The van der Waals surface area contributed by atoms with Gasteiger partial charge in [-0.3, -0.25) is 9.78 Å². The molecule has 306 valence electrons. The maximum atomic E-state index is 13.2. The molecule has 6 rings (SSSR count). The van der Waals surface area contributed by atoms with Crippen LogP contribution in [-0.2, 0) is 37.2 Å². The van der Waals surface area contributed by atoms with Gasteiger partial charge in [0.15, 0.2) is 5.82 Å². The van der Waals surface area contributed by atoms with Crippen molar-refractivity contribution in [2.45, 2.75) is 56.3 Å². The molecule has 22 heteroatoms.